The zero-order valence-electron chi connectivity index (χ0n) is 7.13. The summed E-state index contributed by atoms with van der Waals surface area (Å²) in [5.74, 6) is 0.0590. The Labute approximate surface area is 80.4 Å². The van der Waals surface area contributed by atoms with Crippen LogP contribution in [-0.4, -0.2) is 19.1 Å². The molecule has 0 bridgehead atoms. The molecule has 74 valence electrons. The minimum atomic E-state index is -3.27. The molecule has 0 N–H and O–H groups in total. The summed E-state index contributed by atoms with van der Waals surface area (Å²) in [5.41, 5.74) is 0.504. The highest BCUT2D eigenvalue weighted by atomic mass is 32.2. The number of benzene rings is 1. The minimum Gasteiger partial charge on any atom is -0.258 e. The molecular weight excluding hydrogens is 206 g/mol. The summed E-state index contributed by atoms with van der Waals surface area (Å²) in [6, 6.07) is 3.98. The van der Waals surface area contributed by atoms with E-state index in [1.54, 1.807) is 0 Å². The van der Waals surface area contributed by atoms with Crippen molar-refractivity contribution in [1.82, 2.24) is 0 Å². The SMILES string of the molecule is O=[N+]([O-])c1ccc2c(c1)S(=O)(=O)CC2. The summed E-state index contributed by atoms with van der Waals surface area (Å²) in [7, 11) is -3.27. The third-order valence-corrected chi connectivity index (χ3v) is 4.03. The molecule has 0 spiro atoms. The first-order chi connectivity index (χ1) is 6.50. The lowest BCUT2D eigenvalue weighted by Crippen LogP contribution is -1.99. The van der Waals surface area contributed by atoms with Crippen molar-refractivity contribution in [2.45, 2.75) is 11.3 Å². The van der Waals surface area contributed by atoms with Gasteiger partial charge in [-0.05, 0) is 12.0 Å². The van der Waals surface area contributed by atoms with Crippen molar-refractivity contribution in [3.63, 3.8) is 0 Å². The highest BCUT2D eigenvalue weighted by Gasteiger charge is 2.27. The van der Waals surface area contributed by atoms with Gasteiger partial charge in [-0.3, -0.25) is 10.1 Å². The number of fused-ring (bicyclic) bond motifs is 1. The predicted molar refractivity (Wildman–Crippen MR) is 48.9 cm³/mol. The molecular formula is C8H7NO4S. The van der Waals surface area contributed by atoms with Crippen LogP contribution in [0.15, 0.2) is 23.1 Å². The molecule has 0 radical (unpaired) electrons. The number of hydrogen-bond donors (Lipinski definition) is 0. The third-order valence-electron chi connectivity index (χ3n) is 2.24. The van der Waals surface area contributed by atoms with Crippen LogP contribution in [0.1, 0.15) is 5.56 Å². The molecule has 0 amide bonds. The van der Waals surface area contributed by atoms with E-state index in [1.165, 1.54) is 12.1 Å². The van der Waals surface area contributed by atoms with E-state index < -0.39 is 14.8 Å². The van der Waals surface area contributed by atoms with E-state index in [2.05, 4.69) is 0 Å². The summed E-state index contributed by atoms with van der Waals surface area (Å²) in [6.07, 6.45) is 0.454. The van der Waals surface area contributed by atoms with Crippen LogP contribution in [0.2, 0.25) is 0 Å². The van der Waals surface area contributed by atoms with Crippen LogP contribution in [0.25, 0.3) is 0 Å². The fourth-order valence-electron chi connectivity index (χ4n) is 1.51. The maximum Gasteiger partial charge on any atom is 0.270 e. The van der Waals surface area contributed by atoms with Crippen molar-refractivity contribution < 1.29 is 13.3 Å². The zero-order valence-corrected chi connectivity index (χ0v) is 7.95. The second kappa shape index (κ2) is 2.78. The van der Waals surface area contributed by atoms with E-state index in [9.17, 15) is 18.5 Å². The first-order valence-electron chi connectivity index (χ1n) is 4.01. The number of nitro groups is 1. The van der Waals surface area contributed by atoms with Gasteiger partial charge in [-0.1, -0.05) is 6.07 Å². The van der Waals surface area contributed by atoms with Crippen LogP contribution in [0.3, 0.4) is 0 Å². The fourth-order valence-corrected chi connectivity index (χ4v) is 3.09. The lowest BCUT2D eigenvalue weighted by Gasteiger charge is -1.97. The predicted octanol–water partition coefficient (Wildman–Crippen LogP) is 0.925. The van der Waals surface area contributed by atoms with E-state index in [0.717, 1.165) is 6.07 Å². The smallest absolute Gasteiger partial charge is 0.258 e. The van der Waals surface area contributed by atoms with Crippen molar-refractivity contribution in [2.24, 2.45) is 0 Å². The zero-order chi connectivity index (χ0) is 10.3. The lowest BCUT2D eigenvalue weighted by molar-refractivity contribution is -0.385. The van der Waals surface area contributed by atoms with Crippen molar-refractivity contribution in [2.75, 3.05) is 5.75 Å². The molecule has 1 aliphatic heterocycles. The number of nitro benzene ring substituents is 1. The average molecular weight is 213 g/mol. The van der Waals surface area contributed by atoms with Gasteiger partial charge in [0.15, 0.2) is 9.84 Å². The van der Waals surface area contributed by atoms with Gasteiger partial charge >= 0.3 is 0 Å². The van der Waals surface area contributed by atoms with Gasteiger partial charge in [0.2, 0.25) is 0 Å². The van der Waals surface area contributed by atoms with Crippen molar-refractivity contribution >= 4 is 15.5 Å². The molecule has 0 aromatic heterocycles. The molecule has 0 saturated carbocycles. The Hall–Kier alpha value is -1.43. The number of sulfone groups is 1. The molecule has 0 atom stereocenters. The molecule has 1 aromatic carbocycles. The second-order valence-electron chi connectivity index (χ2n) is 3.12. The minimum absolute atomic E-state index is 0.0590. The molecule has 14 heavy (non-hydrogen) atoms. The summed E-state index contributed by atoms with van der Waals surface area (Å²) in [4.78, 5) is 9.95. The molecule has 1 aliphatic rings. The standard InChI is InChI=1S/C8H7NO4S/c10-9(11)7-2-1-6-3-4-14(12,13)8(6)5-7/h1-2,5H,3-4H2. The summed E-state index contributed by atoms with van der Waals surface area (Å²) < 4.78 is 22.8. The number of nitrogens with zero attached hydrogens (tertiary/aromatic N) is 1. The third kappa shape index (κ3) is 1.27. The lowest BCUT2D eigenvalue weighted by atomic mass is 10.2. The van der Waals surface area contributed by atoms with Gasteiger partial charge in [0.25, 0.3) is 5.69 Å². The van der Waals surface area contributed by atoms with Gasteiger partial charge in [-0.2, -0.15) is 0 Å². The molecule has 1 aromatic rings. The van der Waals surface area contributed by atoms with Gasteiger partial charge < -0.3 is 0 Å². The van der Waals surface area contributed by atoms with Gasteiger partial charge in [0.1, 0.15) is 0 Å². The molecule has 6 heteroatoms. The van der Waals surface area contributed by atoms with Crippen LogP contribution in [-0.2, 0) is 16.3 Å². The van der Waals surface area contributed by atoms with Crippen LogP contribution < -0.4 is 0 Å². The van der Waals surface area contributed by atoms with Crippen LogP contribution in [0, 0.1) is 10.1 Å². The maximum atomic E-state index is 11.4. The molecule has 1 heterocycles. The second-order valence-corrected chi connectivity index (χ2v) is 5.20. The molecule has 0 saturated heterocycles. The monoisotopic (exact) mass is 213 g/mol. The first kappa shape index (κ1) is 9.14. The average Bonchev–Trinajstić information content (AvgIpc) is 2.42. The van der Waals surface area contributed by atoms with Crippen LogP contribution in [0.4, 0.5) is 5.69 Å². The number of non-ortho nitro benzene ring substituents is 1. The molecule has 2 rings (SSSR count). The Morgan fingerprint density at radius 3 is 2.71 bits per heavy atom. The molecule has 5 nitrogen and oxygen atoms in total. The Morgan fingerprint density at radius 2 is 2.07 bits per heavy atom. The Morgan fingerprint density at radius 1 is 1.36 bits per heavy atom. The summed E-state index contributed by atoms with van der Waals surface area (Å²) in [6.45, 7) is 0. The first-order valence-corrected chi connectivity index (χ1v) is 5.66. The molecule has 0 unspecified atom stereocenters. The maximum absolute atomic E-state index is 11.4. The van der Waals surface area contributed by atoms with Gasteiger partial charge in [-0.15, -0.1) is 0 Å². The van der Waals surface area contributed by atoms with Crippen molar-refractivity contribution in [1.29, 1.82) is 0 Å². The molecule has 0 aliphatic carbocycles. The van der Waals surface area contributed by atoms with Gasteiger partial charge in [0.05, 0.1) is 15.6 Å². The largest absolute Gasteiger partial charge is 0.270 e. The van der Waals surface area contributed by atoms with E-state index in [4.69, 9.17) is 0 Å². The normalized spacial score (nSPS) is 17.7. The van der Waals surface area contributed by atoms with E-state index in [-0.39, 0.29) is 16.3 Å². The van der Waals surface area contributed by atoms with E-state index in [0.29, 0.717) is 12.0 Å². The number of aryl methyl sites for hydroxylation is 1. The number of rotatable bonds is 1. The van der Waals surface area contributed by atoms with Crippen LogP contribution >= 0.6 is 0 Å². The Kier molecular flexibility index (Phi) is 1.81. The fraction of sp³-hybridized carbons (Fsp3) is 0.250. The Bertz CT molecular complexity index is 506. The van der Waals surface area contributed by atoms with Crippen molar-refractivity contribution in [3.8, 4) is 0 Å². The summed E-state index contributed by atoms with van der Waals surface area (Å²) in [5, 5.41) is 10.4. The summed E-state index contributed by atoms with van der Waals surface area (Å²) >= 11 is 0. The van der Waals surface area contributed by atoms with E-state index in [1.807, 2.05) is 0 Å². The topological polar surface area (TPSA) is 77.3 Å². The van der Waals surface area contributed by atoms with Crippen molar-refractivity contribution in [3.05, 3.63) is 33.9 Å². The number of hydrogen-bond acceptors (Lipinski definition) is 4. The van der Waals surface area contributed by atoms with Gasteiger partial charge in [-0.25, -0.2) is 8.42 Å². The quantitative estimate of drug-likeness (QED) is 0.513. The van der Waals surface area contributed by atoms with E-state index >= 15 is 0 Å². The van der Waals surface area contributed by atoms with Crippen LogP contribution in [0.5, 0.6) is 0 Å². The molecule has 0 fully saturated rings. The van der Waals surface area contributed by atoms with Gasteiger partial charge in [0, 0.05) is 12.1 Å². The Balaban J connectivity index is 2.65. The highest BCUT2D eigenvalue weighted by molar-refractivity contribution is 7.91. The highest BCUT2D eigenvalue weighted by Crippen LogP contribution is 2.29.